The van der Waals surface area contributed by atoms with Crippen LogP contribution in [-0.2, 0) is 16.0 Å². The van der Waals surface area contributed by atoms with E-state index in [2.05, 4.69) is 34.5 Å². The zero-order chi connectivity index (χ0) is 18.9. The summed E-state index contributed by atoms with van der Waals surface area (Å²) in [6.45, 7) is 4.07. The molecule has 2 heterocycles. The van der Waals surface area contributed by atoms with E-state index in [1.807, 2.05) is 11.0 Å². The summed E-state index contributed by atoms with van der Waals surface area (Å²) in [6, 6.07) is 10.1. The lowest BCUT2D eigenvalue weighted by atomic mass is 10.0. The largest absolute Gasteiger partial charge is 0.353 e. The molecule has 1 unspecified atom stereocenters. The zero-order valence-electron chi connectivity index (χ0n) is 16.4. The van der Waals surface area contributed by atoms with E-state index < -0.39 is 0 Å². The number of nitrogens with one attached hydrogen (secondary N) is 1. The number of hydrogen-bond acceptors (Lipinski definition) is 3. The van der Waals surface area contributed by atoms with E-state index in [9.17, 15) is 9.59 Å². The van der Waals surface area contributed by atoms with Gasteiger partial charge in [-0.05, 0) is 37.8 Å². The summed E-state index contributed by atoms with van der Waals surface area (Å²) >= 11 is 0. The van der Waals surface area contributed by atoms with Crippen molar-refractivity contribution >= 4 is 11.8 Å². The molecule has 5 nitrogen and oxygen atoms in total. The van der Waals surface area contributed by atoms with Gasteiger partial charge >= 0.3 is 0 Å². The summed E-state index contributed by atoms with van der Waals surface area (Å²) in [5.74, 6) is 0.161. The van der Waals surface area contributed by atoms with Crippen molar-refractivity contribution in [1.82, 2.24) is 15.1 Å². The Morgan fingerprint density at radius 2 is 1.70 bits per heavy atom. The number of piperazine rings is 1. The van der Waals surface area contributed by atoms with Crippen molar-refractivity contribution in [2.75, 3.05) is 32.7 Å². The van der Waals surface area contributed by atoms with Gasteiger partial charge in [0, 0.05) is 26.2 Å². The number of nitrogens with zero attached hydrogens (tertiary/aromatic N) is 2. The van der Waals surface area contributed by atoms with Gasteiger partial charge in [0.1, 0.15) is 0 Å². The van der Waals surface area contributed by atoms with Crippen LogP contribution >= 0.6 is 0 Å². The molecule has 2 fully saturated rings. The van der Waals surface area contributed by atoms with Crippen molar-refractivity contribution < 1.29 is 9.59 Å². The molecule has 0 bridgehead atoms. The molecule has 0 radical (unpaired) electrons. The van der Waals surface area contributed by atoms with Gasteiger partial charge in [0.2, 0.25) is 11.8 Å². The van der Waals surface area contributed by atoms with Crippen LogP contribution in [0.5, 0.6) is 0 Å². The van der Waals surface area contributed by atoms with Crippen LogP contribution in [0.1, 0.15) is 50.5 Å². The molecule has 1 aromatic carbocycles. The van der Waals surface area contributed by atoms with Crippen molar-refractivity contribution in [3.05, 3.63) is 35.9 Å². The molecule has 0 saturated carbocycles. The third-order valence-electron chi connectivity index (χ3n) is 5.77. The first-order valence-electron chi connectivity index (χ1n) is 10.6. The molecule has 5 heteroatoms. The Kier molecular flexibility index (Phi) is 7.69. The van der Waals surface area contributed by atoms with E-state index in [-0.39, 0.29) is 17.9 Å². The Bertz CT molecular complexity index is 597. The number of carbonyl (C=O) groups excluding carboxylic acids is 2. The van der Waals surface area contributed by atoms with E-state index in [0.717, 1.165) is 51.9 Å². The summed E-state index contributed by atoms with van der Waals surface area (Å²) in [5, 5.41) is 2.95. The molecule has 1 aromatic rings. The fourth-order valence-corrected chi connectivity index (χ4v) is 4.17. The van der Waals surface area contributed by atoms with Gasteiger partial charge in [0.25, 0.3) is 0 Å². The van der Waals surface area contributed by atoms with Gasteiger partial charge in [-0.25, -0.2) is 0 Å². The average molecular weight is 372 g/mol. The minimum Gasteiger partial charge on any atom is -0.353 e. The van der Waals surface area contributed by atoms with Crippen LogP contribution in [0.25, 0.3) is 0 Å². The highest BCUT2D eigenvalue weighted by Gasteiger charge is 2.32. The quantitative estimate of drug-likeness (QED) is 0.836. The summed E-state index contributed by atoms with van der Waals surface area (Å²) in [5.41, 5.74) is 1.33. The van der Waals surface area contributed by atoms with E-state index >= 15 is 0 Å². The molecule has 1 N–H and O–H groups in total. The monoisotopic (exact) mass is 371 g/mol. The van der Waals surface area contributed by atoms with Crippen LogP contribution in [0.4, 0.5) is 0 Å². The molecule has 2 saturated heterocycles. The van der Waals surface area contributed by atoms with Gasteiger partial charge < -0.3 is 10.2 Å². The number of carbonyl (C=O) groups is 2. The Morgan fingerprint density at radius 1 is 1.00 bits per heavy atom. The topological polar surface area (TPSA) is 52.7 Å². The van der Waals surface area contributed by atoms with Gasteiger partial charge in [0.15, 0.2) is 0 Å². The highest BCUT2D eigenvalue weighted by atomic mass is 16.2. The van der Waals surface area contributed by atoms with E-state index in [0.29, 0.717) is 13.0 Å². The Balaban J connectivity index is 1.53. The standard InChI is InChI=1S/C22H33N3O2/c26-21(25-14-7-2-1-3-8-15-25)18-20-22(27)23-13-17-24(20)16-9-12-19-10-5-4-6-11-19/h4-6,10-11,20H,1-3,7-9,12-18H2,(H,23,27). The normalized spacial score (nSPS) is 22.0. The van der Waals surface area contributed by atoms with Gasteiger partial charge in [0.05, 0.1) is 12.5 Å². The molecular formula is C22H33N3O2. The van der Waals surface area contributed by atoms with Crippen molar-refractivity contribution in [1.29, 1.82) is 0 Å². The fourth-order valence-electron chi connectivity index (χ4n) is 4.17. The molecule has 1 atom stereocenters. The Morgan fingerprint density at radius 3 is 2.44 bits per heavy atom. The van der Waals surface area contributed by atoms with Crippen LogP contribution in [0.15, 0.2) is 30.3 Å². The molecule has 0 spiro atoms. The van der Waals surface area contributed by atoms with Gasteiger partial charge in [-0.1, -0.05) is 49.6 Å². The third-order valence-corrected chi connectivity index (χ3v) is 5.77. The van der Waals surface area contributed by atoms with Crippen molar-refractivity contribution in [2.45, 2.75) is 57.4 Å². The molecule has 2 aliphatic heterocycles. The summed E-state index contributed by atoms with van der Waals surface area (Å²) < 4.78 is 0. The van der Waals surface area contributed by atoms with Crippen molar-refractivity contribution in [2.24, 2.45) is 0 Å². The molecule has 3 rings (SSSR count). The lowest BCUT2D eigenvalue weighted by Crippen LogP contribution is -2.57. The maximum absolute atomic E-state index is 12.8. The first-order chi connectivity index (χ1) is 13.2. The number of aryl methyl sites for hydroxylation is 1. The van der Waals surface area contributed by atoms with Crippen LogP contribution < -0.4 is 5.32 Å². The van der Waals surface area contributed by atoms with E-state index in [4.69, 9.17) is 0 Å². The second-order valence-corrected chi connectivity index (χ2v) is 7.78. The van der Waals surface area contributed by atoms with Crippen molar-refractivity contribution in [3.8, 4) is 0 Å². The lowest BCUT2D eigenvalue weighted by Gasteiger charge is -2.36. The average Bonchev–Trinajstić information content (AvgIpc) is 2.65. The van der Waals surface area contributed by atoms with Crippen LogP contribution in [0, 0.1) is 0 Å². The third kappa shape index (κ3) is 6.06. The van der Waals surface area contributed by atoms with E-state index in [1.54, 1.807) is 0 Å². The van der Waals surface area contributed by atoms with E-state index in [1.165, 1.54) is 24.8 Å². The van der Waals surface area contributed by atoms with Gasteiger partial charge in [-0.15, -0.1) is 0 Å². The maximum atomic E-state index is 12.8. The molecule has 148 valence electrons. The summed E-state index contributed by atoms with van der Waals surface area (Å²) in [7, 11) is 0. The number of benzene rings is 1. The molecule has 2 amide bonds. The predicted molar refractivity (Wildman–Crippen MR) is 107 cm³/mol. The second kappa shape index (κ2) is 10.5. The summed E-state index contributed by atoms with van der Waals surface area (Å²) in [4.78, 5) is 29.5. The molecule has 2 aliphatic rings. The molecule has 0 aromatic heterocycles. The minimum absolute atomic E-state index is 0.0151. The smallest absolute Gasteiger partial charge is 0.237 e. The first-order valence-corrected chi connectivity index (χ1v) is 10.6. The van der Waals surface area contributed by atoms with Gasteiger partial charge in [-0.2, -0.15) is 0 Å². The maximum Gasteiger partial charge on any atom is 0.237 e. The minimum atomic E-state index is -0.313. The molecule has 0 aliphatic carbocycles. The zero-order valence-corrected chi connectivity index (χ0v) is 16.4. The number of hydrogen-bond donors (Lipinski definition) is 1. The number of amides is 2. The van der Waals surface area contributed by atoms with Crippen molar-refractivity contribution in [3.63, 3.8) is 0 Å². The van der Waals surface area contributed by atoms with Crippen LogP contribution in [0.3, 0.4) is 0 Å². The highest BCUT2D eigenvalue weighted by Crippen LogP contribution is 2.16. The number of likely N-dealkylation sites (tertiary alicyclic amines) is 1. The first kappa shape index (κ1) is 19.9. The Labute approximate surface area is 163 Å². The summed E-state index contributed by atoms with van der Waals surface area (Å²) in [6.07, 6.45) is 8.20. The Hall–Kier alpha value is -1.88. The lowest BCUT2D eigenvalue weighted by molar-refractivity contribution is -0.139. The van der Waals surface area contributed by atoms with Crippen LogP contribution in [0.2, 0.25) is 0 Å². The van der Waals surface area contributed by atoms with Crippen LogP contribution in [-0.4, -0.2) is 60.4 Å². The fraction of sp³-hybridized carbons (Fsp3) is 0.636. The molecule has 27 heavy (non-hydrogen) atoms. The predicted octanol–water partition coefficient (Wildman–Crippen LogP) is 2.60. The van der Waals surface area contributed by atoms with Gasteiger partial charge in [-0.3, -0.25) is 14.5 Å². The SMILES string of the molecule is O=C1NCCN(CCCc2ccccc2)C1CC(=O)N1CCCCCCC1. The second-order valence-electron chi connectivity index (χ2n) is 7.78. The highest BCUT2D eigenvalue weighted by molar-refractivity contribution is 5.88. The molecular weight excluding hydrogens is 338 g/mol. The number of rotatable bonds is 6.